The van der Waals surface area contributed by atoms with Crippen molar-refractivity contribution in [3.8, 4) is 0 Å². The predicted octanol–water partition coefficient (Wildman–Crippen LogP) is 1.30. The van der Waals surface area contributed by atoms with Crippen LogP contribution in [0, 0.1) is 5.41 Å². The minimum absolute atomic E-state index is 0.148. The summed E-state index contributed by atoms with van der Waals surface area (Å²) >= 11 is 0. The number of nitrogens with zero attached hydrogens (tertiary/aromatic N) is 1. The zero-order valence-electron chi connectivity index (χ0n) is 11.2. The van der Waals surface area contributed by atoms with Crippen LogP contribution in [0.2, 0.25) is 0 Å². The quantitative estimate of drug-likeness (QED) is 0.284. The standard InChI is InChI=1S/C12H25N3O2/c1-5-17-10-7-9(12(10,3)4)14-8(2)6-11(13)15-16/h8-10,14,16H,5-7H2,1-4H3,(H2,13,15). The summed E-state index contributed by atoms with van der Waals surface area (Å²) in [6, 6.07) is 0.637. The molecule has 0 aromatic carbocycles. The van der Waals surface area contributed by atoms with Crippen molar-refractivity contribution in [2.24, 2.45) is 16.3 Å². The summed E-state index contributed by atoms with van der Waals surface area (Å²) < 4.78 is 5.68. The van der Waals surface area contributed by atoms with E-state index in [9.17, 15) is 0 Å². The van der Waals surface area contributed by atoms with Crippen molar-refractivity contribution in [1.82, 2.24) is 5.32 Å². The second-order valence-electron chi connectivity index (χ2n) is 5.42. The van der Waals surface area contributed by atoms with Crippen molar-refractivity contribution >= 4 is 5.84 Å². The first-order valence-corrected chi connectivity index (χ1v) is 6.25. The molecule has 17 heavy (non-hydrogen) atoms. The number of amidine groups is 1. The van der Waals surface area contributed by atoms with Crippen molar-refractivity contribution < 1.29 is 9.94 Å². The number of hydrogen-bond donors (Lipinski definition) is 3. The maximum absolute atomic E-state index is 8.52. The lowest BCUT2D eigenvalue weighted by molar-refractivity contribution is -0.115. The van der Waals surface area contributed by atoms with E-state index in [1.807, 2.05) is 13.8 Å². The fraction of sp³-hybridized carbons (Fsp3) is 0.917. The Labute approximate surface area is 103 Å². The van der Waals surface area contributed by atoms with E-state index in [4.69, 9.17) is 15.7 Å². The number of oxime groups is 1. The molecule has 0 spiro atoms. The van der Waals surface area contributed by atoms with Crippen LogP contribution in [0.4, 0.5) is 0 Å². The van der Waals surface area contributed by atoms with E-state index in [0.717, 1.165) is 13.0 Å². The van der Waals surface area contributed by atoms with Crippen molar-refractivity contribution in [1.29, 1.82) is 0 Å². The number of hydrogen-bond acceptors (Lipinski definition) is 4. The largest absolute Gasteiger partial charge is 0.409 e. The Morgan fingerprint density at radius 2 is 2.29 bits per heavy atom. The summed E-state index contributed by atoms with van der Waals surface area (Å²) in [5.41, 5.74) is 5.64. The highest BCUT2D eigenvalue weighted by atomic mass is 16.5. The average molecular weight is 243 g/mol. The predicted molar refractivity (Wildman–Crippen MR) is 68.2 cm³/mol. The van der Waals surface area contributed by atoms with Gasteiger partial charge < -0.3 is 21.0 Å². The van der Waals surface area contributed by atoms with Crippen molar-refractivity contribution in [3.05, 3.63) is 0 Å². The van der Waals surface area contributed by atoms with Crippen LogP contribution >= 0.6 is 0 Å². The lowest BCUT2D eigenvalue weighted by Crippen LogP contribution is -2.62. The van der Waals surface area contributed by atoms with E-state index in [-0.39, 0.29) is 17.3 Å². The van der Waals surface area contributed by atoms with Crippen LogP contribution in [-0.2, 0) is 4.74 Å². The second kappa shape index (κ2) is 5.69. The van der Waals surface area contributed by atoms with Gasteiger partial charge in [-0.3, -0.25) is 0 Å². The molecule has 5 nitrogen and oxygen atoms in total. The summed E-state index contributed by atoms with van der Waals surface area (Å²) in [5.74, 6) is 0.267. The minimum atomic E-state index is 0.148. The van der Waals surface area contributed by atoms with Crippen LogP contribution in [0.15, 0.2) is 5.16 Å². The molecule has 5 heteroatoms. The Hall–Kier alpha value is -0.810. The second-order valence-corrected chi connectivity index (χ2v) is 5.42. The molecule has 0 amide bonds. The molecular formula is C12H25N3O2. The summed E-state index contributed by atoms with van der Waals surface area (Å²) in [4.78, 5) is 0. The van der Waals surface area contributed by atoms with Crippen molar-refractivity contribution in [2.75, 3.05) is 6.61 Å². The summed E-state index contributed by atoms with van der Waals surface area (Å²) in [6.45, 7) is 9.26. The van der Waals surface area contributed by atoms with E-state index in [1.165, 1.54) is 0 Å². The molecule has 0 saturated heterocycles. The van der Waals surface area contributed by atoms with Crippen molar-refractivity contribution in [2.45, 2.75) is 58.7 Å². The van der Waals surface area contributed by atoms with Gasteiger partial charge in [0.2, 0.25) is 0 Å². The van der Waals surface area contributed by atoms with Gasteiger partial charge in [0.05, 0.1) is 6.10 Å². The van der Waals surface area contributed by atoms with Gasteiger partial charge in [0.1, 0.15) is 5.84 Å². The number of nitrogens with two attached hydrogens (primary N) is 1. The molecule has 1 aliphatic carbocycles. The molecule has 0 aromatic heterocycles. The molecule has 0 aliphatic heterocycles. The topological polar surface area (TPSA) is 79.9 Å². The lowest BCUT2D eigenvalue weighted by atomic mass is 9.64. The highest BCUT2D eigenvalue weighted by molar-refractivity contribution is 5.80. The molecule has 1 rings (SSSR count). The van der Waals surface area contributed by atoms with Gasteiger partial charge in [-0.25, -0.2) is 0 Å². The highest BCUT2D eigenvalue weighted by Gasteiger charge is 2.48. The Bertz CT molecular complexity index is 279. The molecule has 4 N–H and O–H groups in total. The summed E-state index contributed by atoms with van der Waals surface area (Å²) in [5, 5.41) is 15.0. The Morgan fingerprint density at radius 1 is 1.65 bits per heavy atom. The van der Waals surface area contributed by atoms with Crippen LogP contribution in [0.5, 0.6) is 0 Å². The third-order valence-electron chi connectivity index (χ3n) is 3.68. The maximum Gasteiger partial charge on any atom is 0.140 e. The van der Waals surface area contributed by atoms with E-state index in [1.54, 1.807) is 0 Å². The van der Waals surface area contributed by atoms with Gasteiger partial charge in [-0.2, -0.15) is 0 Å². The first-order chi connectivity index (χ1) is 7.91. The highest BCUT2D eigenvalue weighted by Crippen LogP contribution is 2.42. The normalized spacial score (nSPS) is 29.8. The van der Waals surface area contributed by atoms with Gasteiger partial charge in [0.15, 0.2) is 0 Å². The maximum atomic E-state index is 8.52. The van der Waals surface area contributed by atoms with Gasteiger partial charge in [0, 0.05) is 30.5 Å². The van der Waals surface area contributed by atoms with Crippen LogP contribution in [0.25, 0.3) is 0 Å². The van der Waals surface area contributed by atoms with Gasteiger partial charge in [-0.05, 0) is 20.3 Å². The summed E-state index contributed by atoms with van der Waals surface area (Å²) in [7, 11) is 0. The molecule has 0 bridgehead atoms. The third kappa shape index (κ3) is 3.33. The Morgan fingerprint density at radius 3 is 2.76 bits per heavy atom. The first-order valence-electron chi connectivity index (χ1n) is 6.25. The monoisotopic (exact) mass is 243 g/mol. The molecule has 3 atom stereocenters. The zero-order chi connectivity index (χ0) is 13.1. The Kier molecular flexibility index (Phi) is 4.77. The molecule has 1 fully saturated rings. The molecule has 1 aliphatic rings. The van der Waals surface area contributed by atoms with Crippen LogP contribution in [-0.4, -0.2) is 35.8 Å². The van der Waals surface area contributed by atoms with Gasteiger partial charge >= 0.3 is 0 Å². The van der Waals surface area contributed by atoms with Gasteiger partial charge in [-0.1, -0.05) is 19.0 Å². The van der Waals surface area contributed by atoms with Crippen LogP contribution in [0.1, 0.15) is 40.5 Å². The SMILES string of the molecule is CCOC1CC(NC(C)CC(N)=NO)C1(C)C. The minimum Gasteiger partial charge on any atom is -0.409 e. The molecule has 0 heterocycles. The molecule has 0 radical (unpaired) electrons. The Balaban J connectivity index is 2.39. The van der Waals surface area contributed by atoms with E-state index >= 15 is 0 Å². The van der Waals surface area contributed by atoms with Crippen molar-refractivity contribution in [3.63, 3.8) is 0 Å². The summed E-state index contributed by atoms with van der Waals surface area (Å²) in [6.07, 6.45) is 1.92. The van der Waals surface area contributed by atoms with E-state index in [2.05, 4.69) is 24.3 Å². The van der Waals surface area contributed by atoms with E-state index < -0.39 is 0 Å². The third-order valence-corrected chi connectivity index (χ3v) is 3.68. The van der Waals surface area contributed by atoms with Crippen LogP contribution in [0.3, 0.4) is 0 Å². The molecule has 0 aromatic rings. The van der Waals surface area contributed by atoms with E-state index in [0.29, 0.717) is 18.6 Å². The van der Waals surface area contributed by atoms with Crippen LogP contribution < -0.4 is 11.1 Å². The average Bonchev–Trinajstić information content (AvgIpc) is 2.27. The smallest absolute Gasteiger partial charge is 0.140 e. The van der Waals surface area contributed by atoms with Gasteiger partial charge in [0.25, 0.3) is 0 Å². The number of rotatable bonds is 6. The molecular weight excluding hydrogens is 218 g/mol. The fourth-order valence-electron chi connectivity index (χ4n) is 2.41. The lowest BCUT2D eigenvalue weighted by Gasteiger charge is -2.52. The molecule has 1 saturated carbocycles. The molecule has 100 valence electrons. The number of nitrogens with one attached hydrogen (secondary N) is 1. The molecule has 3 unspecified atom stereocenters. The number of ether oxygens (including phenoxy) is 1. The zero-order valence-corrected chi connectivity index (χ0v) is 11.2. The fourth-order valence-corrected chi connectivity index (χ4v) is 2.41. The first kappa shape index (κ1) is 14.3. The van der Waals surface area contributed by atoms with Gasteiger partial charge in [-0.15, -0.1) is 0 Å².